The van der Waals surface area contributed by atoms with Gasteiger partial charge in [0.25, 0.3) is 5.91 Å². The van der Waals surface area contributed by atoms with Gasteiger partial charge in [-0.2, -0.15) is 0 Å². The molecule has 336 valence electrons. The molecule has 0 unspecified atom stereocenters. The van der Waals surface area contributed by atoms with E-state index in [9.17, 15) is 29.1 Å². The van der Waals surface area contributed by atoms with Crippen molar-refractivity contribution in [2.75, 3.05) is 19.7 Å². The fourth-order valence-corrected chi connectivity index (χ4v) is 7.45. The number of phenols is 1. The van der Waals surface area contributed by atoms with E-state index in [0.29, 0.717) is 37.9 Å². The highest BCUT2D eigenvalue weighted by molar-refractivity contribution is 6.02. The molecule has 2 aliphatic heterocycles. The molecule has 4 atom stereocenters. The molecule has 0 bridgehead atoms. The molecule has 1 aromatic rings. The number of hydrogen-bond acceptors (Lipinski definition) is 9. The Kier molecular flexibility index (Phi) is 24.1. The molecule has 5 N–H and O–H groups in total. The molecule has 13 nitrogen and oxygen atoms in total. The number of aliphatic imine (C=N–C) groups is 1. The minimum atomic E-state index is -1.38. The molecule has 0 radical (unpaired) electrons. The average Bonchev–Trinajstić information content (AvgIpc) is 3.52. The quantitative estimate of drug-likeness (QED) is 0.0298. The molecule has 4 amide bonds. The Morgan fingerprint density at radius 3 is 2.25 bits per heavy atom. The van der Waals surface area contributed by atoms with Crippen LogP contribution in [0.1, 0.15) is 174 Å². The van der Waals surface area contributed by atoms with Gasteiger partial charge >= 0.3 is 5.97 Å². The van der Waals surface area contributed by atoms with Crippen LogP contribution in [-0.2, 0) is 33.4 Å². The first-order chi connectivity index (χ1) is 29.0. The van der Waals surface area contributed by atoms with Gasteiger partial charge in [0, 0.05) is 13.1 Å². The molecule has 13 heteroatoms. The van der Waals surface area contributed by atoms with E-state index in [0.717, 1.165) is 25.7 Å². The second-order valence-corrected chi connectivity index (χ2v) is 16.8. The van der Waals surface area contributed by atoms with Crippen molar-refractivity contribution in [2.45, 2.75) is 192 Å². The molecule has 1 fully saturated rings. The molecule has 0 saturated carbocycles. The van der Waals surface area contributed by atoms with Crippen LogP contribution in [0.3, 0.4) is 0 Å². The van der Waals surface area contributed by atoms with Gasteiger partial charge in [0.05, 0.1) is 12.0 Å². The van der Waals surface area contributed by atoms with Crippen molar-refractivity contribution in [3.05, 3.63) is 42.0 Å². The Bertz CT molecular complexity index is 1530. The molecule has 2 aliphatic rings. The summed E-state index contributed by atoms with van der Waals surface area (Å²) in [6.45, 7) is 6.29. The summed E-state index contributed by atoms with van der Waals surface area (Å²) in [5, 5.41) is 21.5. The number of unbranched alkanes of at least 4 members (excludes halogenated alkanes) is 16. The highest BCUT2D eigenvalue weighted by atomic mass is 16.5. The molecule has 60 heavy (non-hydrogen) atoms. The number of benzene rings is 1. The summed E-state index contributed by atoms with van der Waals surface area (Å²) < 4.78 is 11.4. The molecule has 0 aromatic heterocycles. The molecule has 0 spiro atoms. The van der Waals surface area contributed by atoms with E-state index in [1.54, 1.807) is 38.1 Å². The monoisotopic (exact) mass is 838 g/mol. The number of rotatable bonds is 30. The second-order valence-electron chi connectivity index (χ2n) is 16.8. The van der Waals surface area contributed by atoms with Crippen LogP contribution in [-0.4, -0.2) is 84.0 Å². The largest absolute Gasteiger partial charge is 0.507 e. The zero-order valence-electron chi connectivity index (χ0n) is 36.8. The fourth-order valence-electron chi connectivity index (χ4n) is 7.45. The van der Waals surface area contributed by atoms with E-state index in [1.807, 2.05) is 6.08 Å². The van der Waals surface area contributed by atoms with E-state index in [1.165, 1.54) is 96.0 Å². The van der Waals surface area contributed by atoms with Gasteiger partial charge in [-0.3, -0.25) is 19.2 Å². The smallest absolute Gasteiger partial charge is 0.328 e. The highest BCUT2D eigenvalue weighted by Gasteiger charge is 2.42. The Morgan fingerprint density at radius 2 is 1.58 bits per heavy atom. The Hall–Kier alpha value is -4.42. The fraction of sp³-hybridized carbons (Fsp3) is 0.702. The predicted octanol–water partition coefficient (Wildman–Crippen LogP) is 7.62. The first kappa shape index (κ1) is 49.9. The highest BCUT2D eigenvalue weighted by Crippen LogP contribution is 2.26. The third-order valence-corrected chi connectivity index (χ3v) is 11.2. The first-order valence-electron chi connectivity index (χ1n) is 23.1. The number of esters is 1. The second kappa shape index (κ2) is 28.9. The minimum absolute atomic E-state index is 0.0390. The van der Waals surface area contributed by atoms with Gasteiger partial charge < -0.3 is 35.8 Å². The molecule has 3 rings (SSSR count). The first-order valence-corrected chi connectivity index (χ1v) is 23.1. The number of carbonyl (C=O) groups excluding carboxylic acids is 5. The van der Waals surface area contributed by atoms with E-state index in [2.05, 4.69) is 33.2 Å². The van der Waals surface area contributed by atoms with Crippen molar-refractivity contribution < 1.29 is 38.6 Å². The van der Waals surface area contributed by atoms with Crippen LogP contribution in [0.4, 0.5) is 0 Å². The third-order valence-electron chi connectivity index (χ3n) is 11.2. The number of aromatic hydroxyl groups is 1. The van der Waals surface area contributed by atoms with Crippen molar-refractivity contribution >= 4 is 35.5 Å². The van der Waals surface area contributed by atoms with Crippen LogP contribution in [0.2, 0.25) is 0 Å². The van der Waals surface area contributed by atoms with E-state index in [-0.39, 0.29) is 42.9 Å². The van der Waals surface area contributed by atoms with Crippen LogP contribution >= 0.6 is 0 Å². The van der Waals surface area contributed by atoms with Gasteiger partial charge in [0.1, 0.15) is 30.5 Å². The van der Waals surface area contributed by atoms with Crippen LogP contribution in [0.25, 0.3) is 0 Å². The lowest BCUT2D eigenvalue weighted by molar-refractivity contribution is -0.154. The molecular formula is C47H75N5O8. The van der Waals surface area contributed by atoms with Gasteiger partial charge in [-0.05, 0) is 83.4 Å². The number of nitrogens with one attached hydrogen (secondary N) is 4. The maximum atomic E-state index is 13.6. The normalized spacial score (nSPS) is 18.8. The number of ether oxygens (including phenoxy) is 2. The van der Waals surface area contributed by atoms with Crippen LogP contribution < -0.4 is 21.3 Å². The Labute approximate surface area is 359 Å². The maximum absolute atomic E-state index is 13.6. The number of phenolic OH excluding ortho intramolecular Hbond substituents is 1. The van der Waals surface area contributed by atoms with Crippen molar-refractivity contribution in [3.63, 3.8) is 0 Å². The van der Waals surface area contributed by atoms with Crippen LogP contribution in [0.5, 0.6) is 5.75 Å². The van der Waals surface area contributed by atoms with Crippen molar-refractivity contribution in [1.82, 2.24) is 21.3 Å². The van der Waals surface area contributed by atoms with E-state index >= 15 is 0 Å². The molecule has 1 saturated heterocycles. The van der Waals surface area contributed by atoms with Gasteiger partial charge in [0.2, 0.25) is 23.6 Å². The maximum Gasteiger partial charge on any atom is 0.328 e. The zero-order valence-corrected chi connectivity index (χ0v) is 36.8. The third kappa shape index (κ3) is 19.8. The van der Waals surface area contributed by atoms with Crippen LogP contribution in [0.15, 0.2) is 41.4 Å². The summed E-state index contributed by atoms with van der Waals surface area (Å²) in [6, 6.07) is 4.81. The lowest BCUT2D eigenvalue weighted by Crippen LogP contribution is -2.51. The predicted molar refractivity (Wildman–Crippen MR) is 235 cm³/mol. The van der Waals surface area contributed by atoms with E-state index in [4.69, 9.17) is 9.47 Å². The average molecular weight is 838 g/mol. The SMILES string of the molecule is CCCCCCCCCCCCCCCCC/C=C/C(=O)NCCCC[C@@H](NC(=O)[C@]1(C)COC(c2ccccc2O)=N1)C(=O)O[C@H](C)CC(=O)N[C@H]1CCCCNC1=O. The van der Waals surface area contributed by atoms with Gasteiger partial charge in [-0.1, -0.05) is 115 Å². The standard InChI is InChI=1S/C47H75N5O8/c1-4-5-6-7-8-9-10-11-12-13-14-15-16-17-18-19-20-31-41(54)48-32-25-24-29-39(45(57)60-36(2)34-42(55)50-38-28-23-26-33-49-43(38)56)51-46(58)47(3)35-59-44(52-47)37-27-21-22-30-40(37)53/h20-22,27,30-31,36,38-39,53H,4-19,23-26,28-29,32-35H2,1-3H3,(H,48,54)(H,49,56)(H,50,55)(H,51,58)/b31-20+/t36-,38+,39-,47+/m1/s1. The zero-order chi connectivity index (χ0) is 43.4. The van der Waals surface area contributed by atoms with E-state index < -0.39 is 41.5 Å². The Balaban J connectivity index is 1.39. The van der Waals surface area contributed by atoms with Crippen molar-refractivity contribution in [2.24, 2.45) is 4.99 Å². The Morgan fingerprint density at radius 1 is 0.933 bits per heavy atom. The number of allylic oxidation sites excluding steroid dienone is 1. The number of amides is 4. The van der Waals surface area contributed by atoms with Crippen LogP contribution in [0, 0.1) is 0 Å². The lowest BCUT2D eigenvalue weighted by atomic mass is 10.0. The molecular weight excluding hydrogens is 763 g/mol. The molecule has 1 aromatic carbocycles. The summed E-state index contributed by atoms with van der Waals surface area (Å²) in [5.41, 5.74) is -1.03. The summed E-state index contributed by atoms with van der Waals surface area (Å²) >= 11 is 0. The summed E-state index contributed by atoms with van der Waals surface area (Å²) in [7, 11) is 0. The van der Waals surface area contributed by atoms with Crippen molar-refractivity contribution in [1.29, 1.82) is 0 Å². The topological polar surface area (TPSA) is 185 Å². The molecule has 0 aliphatic carbocycles. The van der Waals surface area contributed by atoms with Gasteiger partial charge in [-0.15, -0.1) is 0 Å². The number of hydrogen-bond donors (Lipinski definition) is 5. The summed E-state index contributed by atoms with van der Waals surface area (Å²) in [5.74, 6) is -2.01. The minimum Gasteiger partial charge on any atom is -0.507 e. The summed E-state index contributed by atoms with van der Waals surface area (Å²) in [6.07, 6.45) is 26.6. The summed E-state index contributed by atoms with van der Waals surface area (Å²) in [4.78, 5) is 69.1. The number of carbonyl (C=O) groups is 5. The van der Waals surface area contributed by atoms with Gasteiger partial charge in [-0.25, -0.2) is 9.79 Å². The lowest BCUT2D eigenvalue weighted by Gasteiger charge is -2.24. The molecule has 2 heterocycles. The number of nitrogens with zero attached hydrogens (tertiary/aromatic N) is 1. The van der Waals surface area contributed by atoms with Crippen molar-refractivity contribution in [3.8, 4) is 5.75 Å². The number of para-hydroxylation sites is 1. The van der Waals surface area contributed by atoms with Gasteiger partial charge in [0.15, 0.2) is 5.54 Å².